The van der Waals surface area contributed by atoms with Crippen molar-refractivity contribution in [2.45, 2.75) is 20.0 Å². The Labute approximate surface area is 124 Å². The summed E-state index contributed by atoms with van der Waals surface area (Å²) in [5.74, 6) is 0.504. The van der Waals surface area contributed by atoms with Crippen molar-refractivity contribution >= 4 is 5.69 Å². The molecule has 0 spiro atoms. The van der Waals surface area contributed by atoms with Crippen molar-refractivity contribution in [3.8, 4) is 5.75 Å². The molecule has 2 aromatic carbocycles. The number of aliphatic hydroxyl groups is 1. The molecule has 0 aliphatic heterocycles. The van der Waals surface area contributed by atoms with Crippen LogP contribution in [0.2, 0.25) is 0 Å². The number of rotatable bonds is 6. The van der Waals surface area contributed by atoms with Gasteiger partial charge in [-0.1, -0.05) is 24.3 Å². The van der Waals surface area contributed by atoms with Gasteiger partial charge in [0.05, 0.1) is 0 Å². The fourth-order valence-corrected chi connectivity index (χ4v) is 1.99. The molecule has 3 nitrogen and oxygen atoms in total. The van der Waals surface area contributed by atoms with Crippen molar-refractivity contribution < 1.29 is 14.2 Å². The first-order valence-electron chi connectivity index (χ1n) is 6.93. The predicted molar refractivity (Wildman–Crippen MR) is 82.3 cm³/mol. The number of anilines is 1. The Morgan fingerprint density at radius 1 is 1.14 bits per heavy atom. The van der Waals surface area contributed by atoms with Gasteiger partial charge in [0.2, 0.25) is 0 Å². The summed E-state index contributed by atoms with van der Waals surface area (Å²) in [4.78, 5) is 0. The lowest BCUT2D eigenvalue weighted by Gasteiger charge is -2.16. The van der Waals surface area contributed by atoms with Gasteiger partial charge in [0.1, 0.15) is 24.3 Å². The number of aryl methyl sites for hydroxylation is 1. The van der Waals surface area contributed by atoms with Crippen LogP contribution < -0.4 is 10.1 Å². The lowest BCUT2D eigenvalue weighted by molar-refractivity contribution is 0.117. The Hall–Kier alpha value is -2.07. The van der Waals surface area contributed by atoms with Crippen molar-refractivity contribution in [3.05, 3.63) is 59.4 Å². The van der Waals surface area contributed by atoms with E-state index in [1.807, 2.05) is 31.2 Å². The number of aliphatic hydroxyl groups excluding tert-OH is 1. The normalized spacial score (nSPS) is 12.0. The third-order valence-electron chi connectivity index (χ3n) is 3.32. The average molecular weight is 289 g/mol. The van der Waals surface area contributed by atoms with E-state index in [1.54, 1.807) is 19.1 Å². The highest BCUT2D eigenvalue weighted by atomic mass is 19.1. The molecule has 1 unspecified atom stereocenters. The minimum absolute atomic E-state index is 0.187. The van der Waals surface area contributed by atoms with Gasteiger partial charge in [-0.25, -0.2) is 4.39 Å². The molecular weight excluding hydrogens is 269 g/mol. The summed E-state index contributed by atoms with van der Waals surface area (Å²) in [6.07, 6.45) is -0.674. The van der Waals surface area contributed by atoms with Crippen LogP contribution >= 0.6 is 0 Å². The van der Waals surface area contributed by atoms with Gasteiger partial charge in [-0.15, -0.1) is 0 Å². The van der Waals surface area contributed by atoms with Crippen LogP contribution in [0, 0.1) is 19.7 Å². The lowest BCUT2D eigenvalue weighted by atomic mass is 10.2. The quantitative estimate of drug-likeness (QED) is 0.857. The second-order valence-electron chi connectivity index (χ2n) is 5.02. The molecule has 112 valence electrons. The van der Waals surface area contributed by atoms with Crippen LogP contribution in [0.15, 0.2) is 42.5 Å². The summed E-state index contributed by atoms with van der Waals surface area (Å²) < 4.78 is 19.0. The van der Waals surface area contributed by atoms with Crippen molar-refractivity contribution in [1.29, 1.82) is 0 Å². The van der Waals surface area contributed by atoms with E-state index in [0.29, 0.717) is 17.8 Å². The Morgan fingerprint density at radius 2 is 1.90 bits per heavy atom. The molecular formula is C17H20FNO2. The number of ether oxygens (including phenoxy) is 1. The number of para-hydroxylation sites is 1. The number of benzene rings is 2. The molecule has 0 radical (unpaired) electrons. The van der Waals surface area contributed by atoms with E-state index in [-0.39, 0.29) is 12.4 Å². The first-order chi connectivity index (χ1) is 10.1. The Balaban J connectivity index is 1.84. The van der Waals surface area contributed by atoms with Gasteiger partial charge in [-0.2, -0.15) is 0 Å². The number of halogens is 1. The van der Waals surface area contributed by atoms with Gasteiger partial charge >= 0.3 is 0 Å². The minimum atomic E-state index is -0.674. The summed E-state index contributed by atoms with van der Waals surface area (Å²) >= 11 is 0. The highest BCUT2D eigenvalue weighted by molar-refractivity contribution is 5.51. The summed E-state index contributed by atoms with van der Waals surface area (Å²) in [6.45, 7) is 4.15. The van der Waals surface area contributed by atoms with Crippen LogP contribution in [0.4, 0.5) is 10.1 Å². The molecule has 0 bridgehead atoms. The zero-order valence-corrected chi connectivity index (χ0v) is 12.3. The molecule has 0 aliphatic rings. The highest BCUT2D eigenvalue weighted by Gasteiger charge is 2.08. The van der Waals surface area contributed by atoms with E-state index < -0.39 is 6.10 Å². The van der Waals surface area contributed by atoms with E-state index in [2.05, 4.69) is 5.32 Å². The van der Waals surface area contributed by atoms with Crippen molar-refractivity contribution in [1.82, 2.24) is 0 Å². The maximum atomic E-state index is 13.4. The maximum Gasteiger partial charge on any atom is 0.128 e. The van der Waals surface area contributed by atoms with Crippen molar-refractivity contribution in [2.75, 3.05) is 18.5 Å². The van der Waals surface area contributed by atoms with Crippen molar-refractivity contribution in [3.63, 3.8) is 0 Å². The number of hydrogen-bond acceptors (Lipinski definition) is 3. The smallest absolute Gasteiger partial charge is 0.128 e. The molecule has 0 heterocycles. The molecule has 0 saturated carbocycles. The van der Waals surface area contributed by atoms with Crippen molar-refractivity contribution in [2.24, 2.45) is 0 Å². The molecule has 2 N–H and O–H groups in total. The van der Waals surface area contributed by atoms with Gasteiger partial charge in [0.25, 0.3) is 0 Å². The number of hydrogen-bond donors (Lipinski definition) is 2. The van der Waals surface area contributed by atoms with Gasteiger partial charge in [0, 0.05) is 17.8 Å². The second kappa shape index (κ2) is 7.09. The fraction of sp³-hybridized carbons (Fsp3) is 0.294. The largest absolute Gasteiger partial charge is 0.491 e. The summed E-state index contributed by atoms with van der Waals surface area (Å²) in [7, 11) is 0. The summed E-state index contributed by atoms with van der Waals surface area (Å²) in [5.41, 5.74) is 2.26. The highest BCUT2D eigenvalue weighted by Crippen LogP contribution is 2.18. The number of nitrogens with one attached hydrogen (secondary N) is 1. The second-order valence-corrected chi connectivity index (χ2v) is 5.02. The van der Waals surface area contributed by atoms with Gasteiger partial charge in [0.15, 0.2) is 0 Å². The van der Waals surface area contributed by atoms with E-state index in [0.717, 1.165) is 11.3 Å². The molecule has 21 heavy (non-hydrogen) atoms. The molecule has 0 saturated heterocycles. The van der Waals surface area contributed by atoms with Crippen LogP contribution in [-0.2, 0) is 0 Å². The van der Waals surface area contributed by atoms with E-state index in [1.165, 1.54) is 6.07 Å². The first-order valence-corrected chi connectivity index (χ1v) is 6.93. The molecule has 2 rings (SSSR count). The van der Waals surface area contributed by atoms with Crippen LogP contribution in [0.3, 0.4) is 0 Å². The SMILES string of the molecule is Cc1ccccc1OCC(O)CNc1cccc(F)c1C. The van der Waals surface area contributed by atoms with Crippen LogP contribution in [0.25, 0.3) is 0 Å². The molecule has 0 aliphatic carbocycles. The molecule has 1 atom stereocenters. The molecule has 4 heteroatoms. The third kappa shape index (κ3) is 4.20. The predicted octanol–water partition coefficient (Wildman–Crippen LogP) is 3.29. The maximum absolute atomic E-state index is 13.4. The molecule has 0 amide bonds. The zero-order chi connectivity index (χ0) is 15.2. The molecule has 0 aromatic heterocycles. The monoisotopic (exact) mass is 289 g/mol. The topological polar surface area (TPSA) is 41.5 Å². The Morgan fingerprint density at radius 3 is 2.67 bits per heavy atom. The standard InChI is InChI=1S/C17H20FNO2/c1-12-6-3-4-9-17(12)21-11-14(20)10-19-16-8-5-7-15(18)13(16)2/h3-9,14,19-20H,10-11H2,1-2H3. The van der Waals surface area contributed by atoms with Crippen LogP contribution in [0.1, 0.15) is 11.1 Å². The first kappa shape index (κ1) is 15.3. The van der Waals surface area contributed by atoms with E-state index >= 15 is 0 Å². The van der Waals surface area contributed by atoms with Crippen LogP contribution in [-0.4, -0.2) is 24.4 Å². The lowest BCUT2D eigenvalue weighted by Crippen LogP contribution is -2.26. The van der Waals surface area contributed by atoms with E-state index in [9.17, 15) is 9.50 Å². The minimum Gasteiger partial charge on any atom is -0.491 e. The van der Waals surface area contributed by atoms with Gasteiger partial charge < -0.3 is 15.2 Å². The summed E-state index contributed by atoms with van der Waals surface area (Å²) in [5, 5.41) is 13.0. The third-order valence-corrected chi connectivity index (χ3v) is 3.32. The Kier molecular flexibility index (Phi) is 5.17. The summed E-state index contributed by atoms with van der Waals surface area (Å²) in [6, 6.07) is 12.5. The van der Waals surface area contributed by atoms with E-state index in [4.69, 9.17) is 4.74 Å². The van der Waals surface area contributed by atoms with Gasteiger partial charge in [-0.3, -0.25) is 0 Å². The molecule has 2 aromatic rings. The molecule has 0 fully saturated rings. The Bertz CT molecular complexity index is 601. The van der Waals surface area contributed by atoms with Crippen LogP contribution in [0.5, 0.6) is 5.75 Å². The van der Waals surface area contributed by atoms with Gasteiger partial charge in [-0.05, 0) is 37.6 Å². The average Bonchev–Trinajstić information content (AvgIpc) is 2.48. The zero-order valence-electron chi connectivity index (χ0n) is 12.3. The fourth-order valence-electron chi connectivity index (χ4n) is 1.99.